The highest BCUT2D eigenvalue weighted by molar-refractivity contribution is 6.32. The summed E-state index contributed by atoms with van der Waals surface area (Å²) in [4.78, 5) is 18.1. The van der Waals surface area contributed by atoms with Gasteiger partial charge in [0, 0.05) is 5.02 Å². The van der Waals surface area contributed by atoms with Crippen molar-refractivity contribution in [1.82, 2.24) is 9.97 Å². The molecule has 0 saturated heterocycles. The van der Waals surface area contributed by atoms with Gasteiger partial charge in [-0.25, -0.2) is 4.98 Å². The molecule has 0 bridgehead atoms. The monoisotopic (exact) mass is 327 g/mol. The Balaban J connectivity index is 2.51. The summed E-state index contributed by atoms with van der Waals surface area (Å²) in [6, 6.07) is 3.34. The first kappa shape index (κ1) is 15.5. The predicted octanol–water partition coefficient (Wildman–Crippen LogP) is 4.41. The largest absolute Gasteiger partial charge is 0.434 e. The van der Waals surface area contributed by atoms with Crippen molar-refractivity contribution in [1.29, 1.82) is 0 Å². The zero-order chi connectivity index (χ0) is 15.7. The lowest BCUT2D eigenvalue weighted by atomic mass is 10.1. The lowest BCUT2D eigenvalue weighted by Gasteiger charge is -2.10. The zero-order valence-electron chi connectivity index (χ0n) is 11.5. The normalized spacial score (nSPS) is 10.5. The second-order valence-corrected chi connectivity index (χ2v) is 5.18. The number of hydrogen-bond donors (Lipinski definition) is 0. The van der Waals surface area contributed by atoms with Crippen LogP contribution in [0.5, 0.6) is 11.6 Å². The van der Waals surface area contributed by atoms with E-state index >= 15 is 0 Å². The van der Waals surface area contributed by atoms with Crippen LogP contribution in [0.1, 0.15) is 16.8 Å². The van der Waals surface area contributed by atoms with Gasteiger partial charge >= 0.3 is 11.6 Å². The second kappa shape index (κ2) is 5.83. The Labute approximate surface area is 130 Å². The smallest absolute Gasteiger partial charge is 0.352 e. The fourth-order valence-corrected chi connectivity index (χ4v) is 2.18. The number of aromatic nitrogens is 2. The summed E-state index contributed by atoms with van der Waals surface area (Å²) in [6.07, 6.45) is 0. The molecule has 6 nitrogen and oxygen atoms in total. The Morgan fingerprint density at radius 2 is 1.71 bits per heavy atom. The maximum absolute atomic E-state index is 11.1. The van der Waals surface area contributed by atoms with E-state index in [1.807, 2.05) is 13.8 Å². The number of benzene rings is 1. The Hall–Kier alpha value is -1.92. The third kappa shape index (κ3) is 3.22. The third-order valence-electron chi connectivity index (χ3n) is 2.81. The summed E-state index contributed by atoms with van der Waals surface area (Å²) >= 11 is 11.8. The van der Waals surface area contributed by atoms with Crippen LogP contribution in [0.4, 0.5) is 5.69 Å². The molecule has 0 spiro atoms. The van der Waals surface area contributed by atoms with Crippen molar-refractivity contribution in [2.45, 2.75) is 20.8 Å². The lowest BCUT2D eigenvalue weighted by Crippen LogP contribution is -2.01. The van der Waals surface area contributed by atoms with Crippen molar-refractivity contribution in [3.63, 3.8) is 0 Å². The summed E-state index contributed by atoms with van der Waals surface area (Å²) in [6.45, 7) is 5.10. The molecule has 1 aromatic carbocycles. The molecular formula is C13H11Cl2N3O3. The lowest BCUT2D eigenvalue weighted by molar-refractivity contribution is -0.386. The zero-order valence-corrected chi connectivity index (χ0v) is 13.0. The molecule has 0 saturated carbocycles. The van der Waals surface area contributed by atoms with Gasteiger partial charge in [0.25, 0.3) is 0 Å². The summed E-state index contributed by atoms with van der Waals surface area (Å²) in [5.74, 6) is 0.199. The number of rotatable bonds is 3. The molecule has 8 heteroatoms. The fourth-order valence-electron chi connectivity index (χ4n) is 1.87. The van der Waals surface area contributed by atoms with Crippen LogP contribution in [0.15, 0.2) is 12.1 Å². The summed E-state index contributed by atoms with van der Waals surface area (Å²) in [7, 11) is 0. The minimum atomic E-state index is -0.601. The highest BCUT2D eigenvalue weighted by Crippen LogP contribution is 2.34. The summed E-state index contributed by atoms with van der Waals surface area (Å²) < 4.78 is 5.51. The maximum atomic E-state index is 11.1. The molecule has 0 unspecified atom stereocenters. The standard InChI is InChI=1S/C13H11Cl2N3O3/c1-6-4-9(5-7(2)10(6)14)21-12-11(18(19)20)8(3)16-13(15)17-12/h4-5H,1-3H3. The molecule has 2 rings (SSSR count). The SMILES string of the molecule is Cc1cc(Oc2nc(Cl)nc(C)c2[N+](=O)[O-])cc(C)c1Cl. The molecule has 21 heavy (non-hydrogen) atoms. The van der Waals surface area contributed by atoms with Gasteiger partial charge in [0.2, 0.25) is 5.28 Å². The first-order valence-electron chi connectivity index (χ1n) is 5.92. The molecule has 0 aliphatic heterocycles. The highest BCUT2D eigenvalue weighted by atomic mass is 35.5. The second-order valence-electron chi connectivity index (χ2n) is 4.46. The quantitative estimate of drug-likeness (QED) is 0.474. The minimum absolute atomic E-state index is 0.115. The Bertz CT molecular complexity index is 712. The molecule has 1 heterocycles. The van der Waals surface area contributed by atoms with Crippen LogP contribution in [0.25, 0.3) is 0 Å². The van der Waals surface area contributed by atoms with E-state index in [-0.39, 0.29) is 22.5 Å². The van der Waals surface area contributed by atoms with Crippen molar-refractivity contribution in [2.75, 3.05) is 0 Å². The first-order valence-corrected chi connectivity index (χ1v) is 6.68. The van der Waals surface area contributed by atoms with Gasteiger partial charge < -0.3 is 4.74 Å². The Kier molecular flexibility index (Phi) is 4.29. The summed E-state index contributed by atoms with van der Waals surface area (Å²) in [5.41, 5.74) is 1.42. The van der Waals surface area contributed by atoms with Crippen LogP contribution in [0.3, 0.4) is 0 Å². The number of hydrogen-bond acceptors (Lipinski definition) is 5. The van der Waals surface area contributed by atoms with Crippen LogP contribution in [0.2, 0.25) is 10.3 Å². The average molecular weight is 328 g/mol. The highest BCUT2D eigenvalue weighted by Gasteiger charge is 2.24. The molecule has 0 aliphatic rings. The number of nitro groups is 1. The number of halogens is 2. The maximum Gasteiger partial charge on any atom is 0.352 e. The molecule has 1 aromatic heterocycles. The fraction of sp³-hybridized carbons (Fsp3) is 0.231. The van der Waals surface area contributed by atoms with Crippen LogP contribution in [-0.2, 0) is 0 Å². The van der Waals surface area contributed by atoms with Gasteiger partial charge in [0.15, 0.2) is 0 Å². The molecular weight excluding hydrogens is 317 g/mol. The van der Waals surface area contributed by atoms with E-state index in [0.29, 0.717) is 10.8 Å². The average Bonchev–Trinajstić information content (AvgIpc) is 2.34. The minimum Gasteiger partial charge on any atom is -0.434 e. The molecule has 0 N–H and O–H groups in total. The van der Waals surface area contributed by atoms with Crippen LogP contribution in [0, 0.1) is 30.9 Å². The van der Waals surface area contributed by atoms with Gasteiger partial charge in [0.1, 0.15) is 11.4 Å². The van der Waals surface area contributed by atoms with E-state index < -0.39 is 4.92 Å². The topological polar surface area (TPSA) is 78.2 Å². The van der Waals surface area contributed by atoms with Gasteiger partial charge in [-0.3, -0.25) is 10.1 Å². The van der Waals surface area contributed by atoms with Gasteiger partial charge in [-0.15, -0.1) is 0 Å². The van der Waals surface area contributed by atoms with E-state index in [4.69, 9.17) is 27.9 Å². The van der Waals surface area contributed by atoms with Crippen molar-refractivity contribution < 1.29 is 9.66 Å². The number of aryl methyl sites for hydroxylation is 3. The van der Waals surface area contributed by atoms with Crippen LogP contribution in [-0.4, -0.2) is 14.9 Å². The van der Waals surface area contributed by atoms with Crippen LogP contribution < -0.4 is 4.74 Å². The van der Waals surface area contributed by atoms with Gasteiger partial charge in [-0.05, 0) is 55.6 Å². The van der Waals surface area contributed by atoms with Crippen molar-refractivity contribution in [3.8, 4) is 11.6 Å². The van der Waals surface area contributed by atoms with Crippen molar-refractivity contribution in [3.05, 3.63) is 49.4 Å². The molecule has 0 fully saturated rings. The first-order chi connectivity index (χ1) is 9.79. The molecule has 2 aromatic rings. The molecule has 0 aliphatic carbocycles. The molecule has 0 atom stereocenters. The predicted molar refractivity (Wildman–Crippen MR) is 79.4 cm³/mol. The van der Waals surface area contributed by atoms with Gasteiger partial charge in [-0.2, -0.15) is 4.98 Å². The van der Waals surface area contributed by atoms with E-state index in [0.717, 1.165) is 11.1 Å². The Morgan fingerprint density at radius 1 is 1.14 bits per heavy atom. The molecule has 0 radical (unpaired) electrons. The van der Waals surface area contributed by atoms with E-state index in [9.17, 15) is 10.1 Å². The van der Waals surface area contributed by atoms with Crippen LogP contribution >= 0.6 is 23.2 Å². The van der Waals surface area contributed by atoms with E-state index in [1.165, 1.54) is 6.92 Å². The van der Waals surface area contributed by atoms with Gasteiger partial charge in [0.05, 0.1) is 4.92 Å². The molecule has 0 amide bonds. The number of ether oxygens (including phenoxy) is 1. The third-order valence-corrected chi connectivity index (χ3v) is 3.57. The molecule has 110 valence electrons. The van der Waals surface area contributed by atoms with E-state index in [1.54, 1.807) is 12.1 Å². The van der Waals surface area contributed by atoms with E-state index in [2.05, 4.69) is 9.97 Å². The Morgan fingerprint density at radius 3 is 2.24 bits per heavy atom. The van der Waals surface area contributed by atoms with Gasteiger partial charge in [-0.1, -0.05) is 11.6 Å². The summed E-state index contributed by atoms with van der Waals surface area (Å²) in [5, 5.41) is 11.6. The number of nitrogens with zero attached hydrogens (tertiary/aromatic N) is 3. The van der Waals surface area contributed by atoms with Crippen molar-refractivity contribution >= 4 is 28.9 Å². The van der Waals surface area contributed by atoms with Crippen molar-refractivity contribution in [2.24, 2.45) is 0 Å².